The van der Waals surface area contributed by atoms with E-state index in [1.54, 1.807) is 12.1 Å². The van der Waals surface area contributed by atoms with Crippen LogP contribution in [-0.2, 0) is 11.0 Å². The van der Waals surface area contributed by atoms with Gasteiger partial charge in [0.15, 0.2) is 0 Å². The number of amides is 1. The van der Waals surface area contributed by atoms with Gasteiger partial charge in [0.1, 0.15) is 0 Å². The number of hydrogen-bond donors (Lipinski definition) is 1. The molecule has 0 aromatic heterocycles. The van der Waals surface area contributed by atoms with Crippen molar-refractivity contribution in [3.63, 3.8) is 0 Å². The molecule has 0 saturated heterocycles. The molecule has 2 aromatic rings. The number of carbonyl (C=O) groups is 1. The molecule has 2 nitrogen and oxygen atoms in total. The molecule has 0 atom stereocenters. The van der Waals surface area contributed by atoms with Crippen LogP contribution in [0.3, 0.4) is 0 Å². The van der Waals surface area contributed by atoms with Crippen LogP contribution in [0.25, 0.3) is 6.08 Å². The number of nitrogens with one attached hydrogen (secondary N) is 1. The molecule has 0 heterocycles. The number of benzene rings is 2. The average Bonchev–Trinajstić information content (AvgIpc) is 2.47. The van der Waals surface area contributed by atoms with E-state index in [2.05, 4.69) is 27.9 Å². The van der Waals surface area contributed by atoms with Crippen molar-refractivity contribution >= 4 is 40.3 Å². The second kappa shape index (κ2) is 6.95. The largest absolute Gasteiger partial charge is 0.416 e. The van der Waals surface area contributed by atoms with Crippen molar-refractivity contribution in [1.29, 1.82) is 0 Å². The van der Waals surface area contributed by atoms with E-state index in [9.17, 15) is 18.0 Å². The molecule has 1 N–H and O–H groups in total. The first-order valence-corrected chi connectivity index (χ1v) is 7.34. The third-order valence-corrected chi connectivity index (χ3v) is 3.47. The summed E-state index contributed by atoms with van der Waals surface area (Å²) in [6, 6.07) is 12.0. The lowest BCUT2D eigenvalue weighted by Crippen LogP contribution is -2.07. The molecule has 0 spiro atoms. The molecule has 2 aromatic carbocycles. The molecule has 114 valence electrons. The summed E-state index contributed by atoms with van der Waals surface area (Å²) in [6.45, 7) is 0. The van der Waals surface area contributed by atoms with E-state index >= 15 is 0 Å². The zero-order valence-corrected chi connectivity index (χ0v) is 13.4. The van der Waals surface area contributed by atoms with Crippen LogP contribution in [0.4, 0.5) is 18.9 Å². The summed E-state index contributed by atoms with van der Waals surface area (Å²) in [5.74, 6) is -0.404. The Labute approximate surface area is 139 Å². The molecule has 0 fully saturated rings. The van der Waals surface area contributed by atoms with Crippen LogP contribution in [0.15, 0.2) is 54.6 Å². The van der Waals surface area contributed by atoms with Crippen molar-refractivity contribution in [2.45, 2.75) is 6.18 Å². The molecule has 0 aliphatic heterocycles. The molecular weight excluding hydrogens is 406 g/mol. The van der Waals surface area contributed by atoms with Crippen molar-refractivity contribution in [3.05, 3.63) is 69.3 Å². The second-order valence-corrected chi connectivity index (χ2v) is 5.70. The maximum absolute atomic E-state index is 12.6. The predicted octanol–water partition coefficient (Wildman–Crippen LogP) is 4.96. The molecule has 0 saturated carbocycles. The summed E-state index contributed by atoms with van der Waals surface area (Å²) in [5.41, 5.74) is 0.194. The number of alkyl halides is 3. The lowest BCUT2D eigenvalue weighted by atomic mass is 10.1. The van der Waals surface area contributed by atoms with Crippen LogP contribution in [-0.4, -0.2) is 5.91 Å². The third kappa shape index (κ3) is 4.87. The first-order valence-electron chi connectivity index (χ1n) is 6.26. The highest BCUT2D eigenvalue weighted by Crippen LogP contribution is 2.29. The fourth-order valence-corrected chi connectivity index (χ4v) is 2.07. The van der Waals surface area contributed by atoms with E-state index in [4.69, 9.17) is 0 Å². The summed E-state index contributed by atoms with van der Waals surface area (Å²) in [6.07, 6.45) is -1.85. The summed E-state index contributed by atoms with van der Waals surface area (Å²) < 4.78 is 38.8. The molecule has 6 heteroatoms. The highest BCUT2D eigenvalue weighted by Gasteiger charge is 2.30. The van der Waals surface area contributed by atoms with Gasteiger partial charge < -0.3 is 5.32 Å². The van der Waals surface area contributed by atoms with E-state index in [-0.39, 0.29) is 0 Å². The highest BCUT2D eigenvalue weighted by atomic mass is 127. The molecule has 0 aliphatic carbocycles. The monoisotopic (exact) mass is 417 g/mol. The average molecular weight is 417 g/mol. The van der Waals surface area contributed by atoms with Gasteiger partial charge in [-0.1, -0.05) is 12.1 Å². The van der Waals surface area contributed by atoms with Gasteiger partial charge in [0.05, 0.1) is 5.56 Å². The minimum Gasteiger partial charge on any atom is -0.323 e. The van der Waals surface area contributed by atoms with Crippen LogP contribution in [0.1, 0.15) is 11.1 Å². The van der Waals surface area contributed by atoms with E-state index in [1.807, 2.05) is 12.1 Å². The number of rotatable bonds is 3. The van der Waals surface area contributed by atoms with Crippen LogP contribution in [0, 0.1) is 3.57 Å². The Kier molecular flexibility index (Phi) is 5.23. The Bertz CT molecular complexity index is 693. The normalized spacial score (nSPS) is 11.6. The van der Waals surface area contributed by atoms with Gasteiger partial charge in [-0.15, -0.1) is 0 Å². The van der Waals surface area contributed by atoms with E-state index in [0.717, 1.165) is 15.7 Å². The van der Waals surface area contributed by atoms with Crippen molar-refractivity contribution < 1.29 is 18.0 Å². The summed E-state index contributed by atoms with van der Waals surface area (Å²) in [7, 11) is 0. The first-order chi connectivity index (χ1) is 10.3. The zero-order valence-electron chi connectivity index (χ0n) is 11.2. The Balaban J connectivity index is 2.05. The summed E-state index contributed by atoms with van der Waals surface area (Å²) in [4.78, 5) is 11.7. The van der Waals surface area contributed by atoms with Gasteiger partial charge in [-0.2, -0.15) is 13.2 Å². The Morgan fingerprint density at radius 2 is 1.77 bits per heavy atom. The van der Waals surface area contributed by atoms with Crippen LogP contribution >= 0.6 is 22.6 Å². The van der Waals surface area contributed by atoms with E-state index < -0.39 is 17.6 Å². The van der Waals surface area contributed by atoms with Gasteiger partial charge in [0.2, 0.25) is 5.91 Å². The minimum absolute atomic E-state index is 0.313. The number of halogens is 4. The fraction of sp³-hybridized carbons (Fsp3) is 0.0625. The van der Waals surface area contributed by atoms with Gasteiger partial charge >= 0.3 is 6.18 Å². The van der Waals surface area contributed by atoms with Gasteiger partial charge in [0.25, 0.3) is 0 Å². The predicted molar refractivity (Wildman–Crippen MR) is 88.3 cm³/mol. The van der Waals surface area contributed by atoms with Gasteiger partial charge in [-0.25, -0.2) is 0 Å². The van der Waals surface area contributed by atoms with Crippen molar-refractivity contribution in [3.8, 4) is 0 Å². The molecular formula is C16H11F3INO. The molecule has 1 amide bonds. The van der Waals surface area contributed by atoms with Crippen molar-refractivity contribution in [2.75, 3.05) is 5.32 Å². The Hall–Kier alpha value is -1.83. The van der Waals surface area contributed by atoms with Gasteiger partial charge in [-0.05, 0) is 70.6 Å². The lowest BCUT2D eigenvalue weighted by Gasteiger charge is -2.06. The van der Waals surface area contributed by atoms with Crippen LogP contribution < -0.4 is 5.32 Å². The Morgan fingerprint density at radius 1 is 1.09 bits per heavy atom. The minimum atomic E-state index is -4.40. The molecule has 2 rings (SSSR count). The van der Waals surface area contributed by atoms with Crippen molar-refractivity contribution in [2.24, 2.45) is 0 Å². The van der Waals surface area contributed by atoms with Crippen molar-refractivity contribution in [1.82, 2.24) is 0 Å². The molecule has 0 radical (unpaired) electrons. The second-order valence-electron chi connectivity index (χ2n) is 4.45. The molecule has 0 unspecified atom stereocenters. The zero-order chi connectivity index (χ0) is 16.2. The lowest BCUT2D eigenvalue weighted by molar-refractivity contribution is -0.137. The Morgan fingerprint density at radius 3 is 2.41 bits per heavy atom. The number of carbonyl (C=O) groups excluding carboxylic acids is 1. The summed E-state index contributed by atoms with van der Waals surface area (Å²) in [5, 5.41) is 2.63. The fourth-order valence-electron chi connectivity index (χ4n) is 1.71. The topological polar surface area (TPSA) is 29.1 Å². The number of hydrogen-bond acceptors (Lipinski definition) is 1. The highest BCUT2D eigenvalue weighted by molar-refractivity contribution is 14.1. The van der Waals surface area contributed by atoms with Gasteiger partial charge in [0, 0.05) is 15.3 Å². The molecule has 22 heavy (non-hydrogen) atoms. The standard InChI is InChI=1S/C16H11F3INO/c17-16(18,19)12-3-1-2-11(10-12)4-9-15(22)21-14-7-5-13(20)6-8-14/h1-10H,(H,21,22). The third-order valence-electron chi connectivity index (χ3n) is 2.75. The van der Waals surface area contributed by atoms with E-state index in [1.165, 1.54) is 24.3 Å². The smallest absolute Gasteiger partial charge is 0.323 e. The maximum Gasteiger partial charge on any atom is 0.416 e. The molecule has 0 bridgehead atoms. The van der Waals surface area contributed by atoms with Gasteiger partial charge in [-0.3, -0.25) is 4.79 Å². The SMILES string of the molecule is O=C(C=Cc1cccc(C(F)(F)F)c1)Nc1ccc(I)cc1. The van der Waals surface area contributed by atoms with Crippen LogP contribution in [0.2, 0.25) is 0 Å². The molecule has 0 aliphatic rings. The van der Waals surface area contributed by atoms with E-state index in [0.29, 0.717) is 11.3 Å². The first kappa shape index (κ1) is 16.5. The quantitative estimate of drug-likeness (QED) is 0.555. The van der Waals surface area contributed by atoms with Crippen LogP contribution in [0.5, 0.6) is 0 Å². The maximum atomic E-state index is 12.6. The number of anilines is 1. The summed E-state index contributed by atoms with van der Waals surface area (Å²) >= 11 is 2.15.